The van der Waals surface area contributed by atoms with Crippen molar-refractivity contribution in [2.24, 2.45) is 5.92 Å². The molecule has 2 aliphatic rings. The van der Waals surface area contributed by atoms with Gasteiger partial charge in [-0.05, 0) is 43.1 Å². The van der Waals surface area contributed by atoms with Gasteiger partial charge in [0.25, 0.3) is 0 Å². The highest BCUT2D eigenvalue weighted by Crippen LogP contribution is 2.38. The van der Waals surface area contributed by atoms with Gasteiger partial charge in [0, 0.05) is 19.2 Å². The predicted octanol–water partition coefficient (Wildman–Crippen LogP) is 3.34. The molecule has 0 spiro atoms. The van der Waals surface area contributed by atoms with Gasteiger partial charge in [0.15, 0.2) is 0 Å². The second-order valence-corrected chi connectivity index (χ2v) is 6.19. The minimum Gasteiger partial charge on any atom is -0.378 e. The van der Waals surface area contributed by atoms with Gasteiger partial charge >= 0.3 is 0 Å². The van der Waals surface area contributed by atoms with Crippen molar-refractivity contribution >= 4 is 0 Å². The van der Waals surface area contributed by atoms with Crippen LogP contribution in [-0.2, 0) is 4.74 Å². The highest BCUT2D eigenvalue weighted by Gasteiger charge is 2.35. The van der Waals surface area contributed by atoms with Crippen LogP contribution >= 0.6 is 0 Å². The molecule has 1 N–H and O–H groups in total. The van der Waals surface area contributed by atoms with Crippen LogP contribution in [0.5, 0.6) is 0 Å². The summed E-state index contributed by atoms with van der Waals surface area (Å²) in [5.74, 6) is 1.46. The summed E-state index contributed by atoms with van der Waals surface area (Å²) in [6.07, 6.45) is 5.70. The first-order valence-corrected chi connectivity index (χ1v) is 7.73. The second-order valence-electron chi connectivity index (χ2n) is 6.19. The Morgan fingerprint density at radius 3 is 2.74 bits per heavy atom. The first-order chi connectivity index (χ1) is 9.33. The maximum atomic E-state index is 5.88. The largest absolute Gasteiger partial charge is 0.378 e. The van der Waals surface area contributed by atoms with Crippen molar-refractivity contribution in [3.8, 4) is 0 Å². The van der Waals surface area contributed by atoms with Crippen LogP contribution in [0.3, 0.4) is 0 Å². The van der Waals surface area contributed by atoms with Crippen molar-refractivity contribution in [1.82, 2.24) is 5.32 Å². The fraction of sp³-hybridized carbons (Fsp3) is 0.647. The van der Waals surface area contributed by atoms with Gasteiger partial charge in [-0.1, -0.05) is 37.3 Å². The normalized spacial score (nSPS) is 29.1. The molecule has 2 fully saturated rings. The average molecular weight is 259 g/mol. The van der Waals surface area contributed by atoms with Crippen LogP contribution in [0.25, 0.3) is 0 Å². The molecule has 19 heavy (non-hydrogen) atoms. The van der Waals surface area contributed by atoms with Crippen LogP contribution in [-0.4, -0.2) is 25.3 Å². The number of hydrogen-bond acceptors (Lipinski definition) is 2. The highest BCUT2D eigenvalue weighted by atomic mass is 16.5. The van der Waals surface area contributed by atoms with Gasteiger partial charge in [0.2, 0.25) is 0 Å². The molecular formula is C17H25NO. The van der Waals surface area contributed by atoms with E-state index in [2.05, 4.69) is 42.6 Å². The van der Waals surface area contributed by atoms with Crippen molar-refractivity contribution in [3.63, 3.8) is 0 Å². The molecule has 1 heterocycles. The predicted molar refractivity (Wildman–Crippen MR) is 78.3 cm³/mol. The Labute approximate surface area is 116 Å². The Balaban J connectivity index is 1.46. The lowest BCUT2D eigenvalue weighted by Crippen LogP contribution is -2.41. The van der Waals surface area contributed by atoms with Crippen molar-refractivity contribution in [2.45, 2.75) is 50.7 Å². The first kappa shape index (κ1) is 13.1. The van der Waals surface area contributed by atoms with Crippen LogP contribution in [0.2, 0.25) is 0 Å². The Morgan fingerprint density at radius 2 is 2.00 bits per heavy atom. The van der Waals surface area contributed by atoms with Crippen molar-refractivity contribution in [2.75, 3.05) is 13.2 Å². The smallest absolute Gasteiger partial charge is 0.0618 e. The second kappa shape index (κ2) is 6.06. The maximum Gasteiger partial charge on any atom is 0.0618 e. The summed E-state index contributed by atoms with van der Waals surface area (Å²) in [7, 11) is 0. The maximum absolute atomic E-state index is 5.88. The summed E-state index contributed by atoms with van der Waals surface area (Å²) in [6.45, 7) is 4.32. The van der Waals surface area contributed by atoms with Crippen molar-refractivity contribution in [1.29, 1.82) is 0 Å². The molecular weight excluding hydrogens is 234 g/mol. The molecule has 2 nitrogen and oxygen atoms in total. The van der Waals surface area contributed by atoms with E-state index in [4.69, 9.17) is 4.74 Å². The van der Waals surface area contributed by atoms with Crippen molar-refractivity contribution in [3.05, 3.63) is 35.9 Å². The van der Waals surface area contributed by atoms with E-state index in [0.717, 1.165) is 19.1 Å². The third-order valence-corrected chi connectivity index (χ3v) is 4.54. The van der Waals surface area contributed by atoms with E-state index >= 15 is 0 Å². The summed E-state index contributed by atoms with van der Waals surface area (Å²) >= 11 is 0. The molecule has 3 rings (SSSR count). The molecule has 1 aliphatic heterocycles. The van der Waals surface area contributed by atoms with Gasteiger partial charge < -0.3 is 10.1 Å². The summed E-state index contributed by atoms with van der Waals surface area (Å²) in [4.78, 5) is 0. The molecule has 1 aliphatic carbocycles. The Kier molecular flexibility index (Phi) is 4.19. The topological polar surface area (TPSA) is 21.3 Å². The lowest BCUT2D eigenvalue weighted by atomic mass is 9.97. The summed E-state index contributed by atoms with van der Waals surface area (Å²) in [5, 5.41) is 3.75. The third kappa shape index (κ3) is 3.58. The van der Waals surface area contributed by atoms with E-state index in [9.17, 15) is 0 Å². The lowest BCUT2D eigenvalue weighted by molar-refractivity contribution is -0.0111. The highest BCUT2D eigenvalue weighted by molar-refractivity contribution is 5.19. The summed E-state index contributed by atoms with van der Waals surface area (Å²) < 4.78 is 5.88. The average Bonchev–Trinajstić information content (AvgIpc) is 3.31. The molecule has 1 saturated carbocycles. The summed E-state index contributed by atoms with van der Waals surface area (Å²) in [6, 6.07) is 11.5. The van der Waals surface area contributed by atoms with Crippen LogP contribution in [0.4, 0.5) is 0 Å². The zero-order valence-corrected chi connectivity index (χ0v) is 11.8. The number of nitrogens with one attached hydrogen (secondary N) is 1. The minimum absolute atomic E-state index is 0.540. The lowest BCUT2D eigenvalue weighted by Gasteiger charge is -2.31. The van der Waals surface area contributed by atoms with Gasteiger partial charge in [-0.2, -0.15) is 0 Å². The van der Waals surface area contributed by atoms with E-state index < -0.39 is 0 Å². The van der Waals surface area contributed by atoms with Crippen LogP contribution < -0.4 is 5.32 Å². The summed E-state index contributed by atoms with van der Waals surface area (Å²) in [5.41, 5.74) is 1.43. The van der Waals surface area contributed by atoms with Crippen molar-refractivity contribution < 1.29 is 4.74 Å². The molecule has 0 radical (unpaired) electrons. The van der Waals surface area contributed by atoms with E-state index in [0.29, 0.717) is 18.1 Å². The van der Waals surface area contributed by atoms with Crippen LogP contribution in [0.1, 0.15) is 44.1 Å². The Hall–Kier alpha value is -0.860. The molecule has 0 unspecified atom stereocenters. The molecule has 1 aromatic rings. The number of hydrogen-bond donors (Lipinski definition) is 1. The minimum atomic E-state index is 0.540. The van der Waals surface area contributed by atoms with Crippen LogP contribution in [0, 0.1) is 5.92 Å². The number of benzene rings is 1. The SMILES string of the molecule is C[C@H](CN[C@@H]1CCO[C@@H](C2CC2)C1)c1ccccc1. The third-order valence-electron chi connectivity index (χ3n) is 4.54. The fourth-order valence-electron chi connectivity index (χ4n) is 3.05. The molecule has 1 aromatic carbocycles. The van der Waals surface area contributed by atoms with Crippen LogP contribution in [0.15, 0.2) is 30.3 Å². The van der Waals surface area contributed by atoms with Gasteiger partial charge in [-0.3, -0.25) is 0 Å². The van der Waals surface area contributed by atoms with E-state index in [1.54, 1.807) is 0 Å². The van der Waals surface area contributed by atoms with Gasteiger partial charge in [-0.25, -0.2) is 0 Å². The van der Waals surface area contributed by atoms with Gasteiger partial charge in [0.1, 0.15) is 0 Å². The van der Waals surface area contributed by atoms with E-state index in [-0.39, 0.29) is 0 Å². The zero-order chi connectivity index (χ0) is 13.1. The monoisotopic (exact) mass is 259 g/mol. The molecule has 0 amide bonds. The fourth-order valence-corrected chi connectivity index (χ4v) is 3.05. The quantitative estimate of drug-likeness (QED) is 0.875. The number of ether oxygens (including phenoxy) is 1. The molecule has 104 valence electrons. The first-order valence-electron chi connectivity index (χ1n) is 7.73. The van der Waals surface area contributed by atoms with E-state index in [1.165, 1.54) is 31.2 Å². The molecule has 0 aromatic heterocycles. The number of rotatable bonds is 5. The molecule has 2 heteroatoms. The van der Waals surface area contributed by atoms with Gasteiger partial charge in [-0.15, -0.1) is 0 Å². The zero-order valence-electron chi connectivity index (χ0n) is 11.8. The standard InChI is InChI=1S/C17H25NO/c1-13(14-5-3-2-4-6-14)12-18-16-9-10-19-17(11-16)15-7-8-15/h2-6,13,15-18H,7-12H2,1H3/t13-,16-,17-/m1/s1. The Morgan fingerprint density at radius 1 is 1.21 bits per heavy atom. The van der Waals surface area contributed by atoms with E-state index in [1.807, 2.05) is 0 Å². The molecule has 0 bridgehead atoms. The molecule has 1 saturated heterocycles. The molecule has 3 atom stereocenters. The van der Waals surface area contributed by atoms with Gasteiger partial charge in [0.05, 0.1) is 6.10 Å². The Bertz CT molecular complexity index is 388.